The van der Waals surface area contributed by atoms with Crippen LogP contribution in [0.2, 0.25) is 5.02 Å². The summed E-state index contributed by atoms with van der Waals surface area (Å²) in [5.74, 6) is 0.372. The Morgan fingerprint density at radius 2 is 2.09 bits per heavy atom. The molecule has 2 aromatic rings. The van der Waals surface area contributed by atoms with Crippen LogP contribution in [0.1, 0.15) is 12.1 Å². The third-order valence-electron chi connectivity index (χ3n) is 3.41. The highest BCUT2D eigenvalue weighted by molar-refractivity contribution is 6.33. The molecule has 7 heteroatoms. The summed E-state index contributed by atoms with van der Waals surface area (Å²) in [6.45, 7) is 0.462. The van der Waals surface area contributed by atoms with Crippen molar-refractivity contribution in [1.82, 2.24) is 9.97 Å². The Morgan fingerprint density at radius 3 is 2.86 bits per heavy atom. The second kappa shape index (κ2) is 6.00. The van der Waals surface area contributed by atoms with Gasteiger partial charge in [0.1, 0.15) is 6.07 Å². The van der Waals surface area contributed by atoms with Gasteiger partial charge in [-0.1, -0.05) is 23.7 Å². The number of benzene rings is 1. The highest BCUT2D eigenvalue weighted by Crippen LogP contribution is 2.29. The maximum Gasteiger partial charge on any atom is 0.229 e. The zero-order valence-electron chi connectivity index (χ0n) is 11.5. The average molecular weight is 314 g/mol. The molecule has 22 heavy (non-hydrogen) atoms. The number of hydrogen-bond acceptors (Lipinski definition) is 5. The van der Waals surface area contributed by atoms with Crippen LogP contribution in [0.15, 0.2) is 36.7 Å². The van der Waals surface area contributed by atoms with Crippen LogP contribution < -0.4 is 10.2 Å². The molecule has 6 nitrogen and oxygen atoms in total. The molecule has 0 spiro atoms. The van der Waals surface area contributed by atoms with Crippen molar-refractivity contribution in [3.8, 4) is 6.07 Å². The zero-order valence-corrected chi connectivity index (χ0v) is 12.3. The minimum atomic E-state index is -0.146. The lowest BCUT2D eigenvalue weighted by atomic mass is 10.2. The van der Waals surface area contributed by atoms with Gasteiger partial charge in [0, 0.05) is 25.4 Å². The van der Waals surface area contributed by atoms with Gasteiger partial charge in [0.2, 0.25) is 5.91 Å². The molecule has 1 aliphatic rings. The van der Waals surface area contributed by atoms with Crippen LogP contribution in [0, 0.1) is 11.3 Å². The SMILES string of the molecule is N#Cc1nccnc1NC1CC(=O)N(c2ccccc2Cl)C1. The molecule has 3 rings (SSSR count). The molecule has 1 aliphatic heterocycles. The molecule has 0 bridgehead atoms. The van der Waals surface area contributed by atoms with Crippen LogP contribution >= 0.6 is 11.6 Å². The third kappa shape index (κ3) is 2.71. The topological polar surface area (TPSA) is 81.9 Å². The van der Waals surface area contributed by atoms with Crippen LogP contribution in [0.5, 0.6) is 0 Å². The summed E-state index contributed by atoms with van der Waals surface area (Å²) >= 11 is 6.15. The lowest BCUT2D eigenvalue weighted by Crippen LogP contribution is -2.28. The number of halogens is 1. The number of carbonyl (C=O) groups is 1. The number of nitrogens with zero attached hydrogens (tertiary/aromatic N) is 4. The fourth-order valence-electron chi connectivity index (χ4n) is 2.43. The van der Waals surface area contributed by atoms with Crippen LogP contribution in [-0.4, -0.2) is 28.5 Å². The number of carbonyl (C=O) groups excluding carboxylic acids is 1. The number of hydrogen-bond donors (Lipinski definition) is 1. The van der Waals surface area contributed by atoms with Crippen LogP contribution in [0.25, 0.3) is 0 Å². The van der Waals surface area contributed by atoms with Crippen molar-refractivity contribution < 1.29 is 4.79 Å². The maximum atomic E-state index is 12.2. The minimum Gasteiger partial charge on any atom is -0.363 e. The lowest BCUT2D eigenvalue weighted by molar-refractivity contribution is -0.117. The number of aromatic nitrogens is 2. The fourth-order valence-corrected chi connectivity index (χ4v) is 2.66. The van der Waals surface area contributed by atoms with E-state index in [1.165, 1.54) is 12.4 Å². The summed E-state index contributed by atoms with van der Waals surface area (Å²) in [4.78, 5) is 21.9. The minimum absolute atomic E-state index is 0.0204. The summed E-state index contributed by atoms with van der Waals surface area (Å²) in [6, 6.07) is 9.05. The van der Waals surface area contributed by atoms with Gasteiger partial charge in [-0.25, -0.2) is 9.97 Å². The molecule has 1 N–H and O–H groups in total. The van der Waals surface area contributed by atoms with E-state index in [2.05, 4.69) is 15.3 Å². The Morgan fingerprint density at radius 1 is 1.32 bits per heavy atom. The molecule has 1 aromatic carbocycles. The zero-order chi connectivity index (χ0) is 15.5. The standard InChI is InChI=1S/C15H12ClN5O/c16-11-3-1-2-4-13(11)21-9-10(7-14(21)22)20-15-12(8-17)18-5-6-19-15/h1-6,10H,7,9H2,(H,19,20). The Hall–Kier alpha value is -2.65. The molecule has 1 aromatic heterocycles. The first-order chi connectivity index (χ1) is 10.7. The van der Waals surface area contributed by atoms with Crippen LogP contribution in [0.3, 0.4) is 0 Å². The first-order valence-corrected chi connectivity index (χ1v) is 7.09. The van der Waals surface area contributed by atoms with Gasteiger partial charge in [-0.2, -0.15) is 5.26 Å². The Balaban J connectivity index is 1.78. The third-order valence-corrected chi connectivity index (χ3v) is 3.73. The van der Waals surface area contributed by atoms with Crippen molar-refractivity contribution in [3.05, 3.63) is 47.4 Å². The molecule has 0 radical (unpaired) electrons. The van der Waals surface area contributed by atoms with Gasteiger partial charge in [-0.05, 0) is 12.1 Å². The lowest BCUT2D eigenvalue weighted by Gasteiger charge is -2.18. The average Bonchev–Trinajstić information content (AvgIpc) is 2.89. The van der Waals surface area contributed by atoms with E-state index in [1.54, 1.807) is 11.0 Å². The number of para-hydroxylation sites is 1. The molecule has 110 valence electrons. The molecular formula is C15H12ClN5O. The molecule has 0 saturated carbocycles. The van der Waals surface area contributed by atoms with E-state index in [0.717, 1.165) is 0 Å². The highest BCUT2D eigenvalue weighted by atomic mass is 35.5. The van der Waals surface area contributed by atoms with Gasteiger partial charge in [-0.3, -0.25) is 4.79 Å². The van der Waals surface area contributed by atoms with Crippen LogP contribution in [0.4, 0.5) is 11.5 Å². The van der Waals surface area contributed by atoms with Crippen molar-refractivity contribution in [1.29, 1.82) is 5.26 Å². The predicted molar refractivity (Wildman–Crippen MR) is 82.6 cm³/mol. The van der Waals surface area contributed by atoms with E-state index in [0.29, 0.717) is 29.5 Å². The van der Waals surface area contributed by atoms with Gasteiger partial charge < -0.3 is 10.2 Å². The summed E-state index contributed by atoms with van der Waals surface area (Å²) in [5, 5.41) is 12.7. The van der Waals surface area contributed by atoms with Gasteiger partial charge in [-0.15, -0.1) is 0 Å². The van der Waals surface area contributed by atoms with Gasteiger partial charge >= 0.3 is 0 Å². The first kappa shape index (κ1) is 14.3. The van der Waals surface area contributed by atoms with Crippen molar-refractivity contribution in [3.63, 3.8) is 0 Å². The molecule has 2 heterocycles. The molecule has 1 amide bonds. The number of nitrogens with one attached hydrogen (secondary N) is 1. The number of nitriles is 1. The van der Waals surface area contributed by atoms with Crippen molar-refractivity contribution in [2.75, 3.05) is 16.8 Å². The fraction of sp³-hybridized carbons (Fsp3) is 0.200. The van der Waals surface area contributed by atoms with Crippen molar-refractivity contribution in [2.45, 2.75) is 12.5 Å². The summed E-state index contributed by atoms with van der Waals surface area (Å²) in [7, 11) is 0. The largest absolute Gasteiger partial charge is 0.363 e. The van der Waals surface area contributed by atoms with E-state index >= 15 is 0 Å². The Bertz CT molecular complexity index is 758. The Kier molecular flexibility index (Phi) is 3.90. The number of anilines is 2. The second-order valence-corrected chi connectivity index (χ2v) is 5.27. The van der Waals surface area contributed by atoms with Crippen LogP contribution in [-0.2, 0) is 4.79 Å². The van der Waals surface area contributed by atoms with E-state index in [-0.39, 0.29) is 17.6 Å². The van der Waals surface area contributed by atoms with E-state index in [9.17, 15) is 4.79 Å². The summed E-state index contributed by atoms with van der Waals surface area (Å²) in [6.07, 6.45) is 3.28. The van der Waals surface area contributed by atoms with E-state index in [4.69, 9.17) is 16.9 Å². The van der Waals surface area contributed by atoms with Gasteiger partial charge in [0.05, 0.1) is 16.8 Å². The molecular weight excluding hydrogens is 302 g/mol. The van der Waals surface area contributed by atoms with Crippen molar-refractivity contribution >= 4 is 29.0 Å². The number of rotatable bonds is 3. The normalized spacial score (nSPS) is 17.4. The smallest absolute Gasteiger partial charge is 0.229 e. The highest BCUT2D eigenvalue weighted by Gasteiger charge is 2.32. The molecule has 1 unspecified atom stereocenters. The van der Waals surface area contributed by atoms with Crippen molar-refractivity contribution in [2.24, 2.45) is 0 Å². The van der Waals surface area contributed by atoms with Gasteiger partial charge in [0.25, 0.3) is 0 Å². The monoisotopic (exact) mass is 313 g/mol. The Labute approximate surface area is 132 Å². The number of amides is 1. The maximum absolute atomic E-state index is 12.2. The molecule has 1 atom stereocenters. The second-order valence-electron chi connectivity index (χ2n) is 4.87. The quantitative estimate of drug-likeness (QED) is 0.939. The summed E-state index contributed by atoms with van der Waals surface area (Å²) < 4.78 is 0. The van der Waals surface area contributed by atoms with E-state index in [1.807, 2.05) is 24.3 Å². The molecule has 1 saturated heterocycles. The first-order valence-electron chi connectivity index (χ1n) is 6.71. The van der Waals surface area contributed by atoms with Gasteiger partial charge in [0.15, 0.2) is 11.5 Å². The predicted octanol–water partition coefficient (Wildman–Crippen LogP) is 2.22. The summed E-state index contributed by atoms with van der Waals surface area (Å²) in [5.41, 5.74) is 0.907. The van der Waals surface area contributed by atoms with E-state index < -0.39 is 0 Å². The molecule has 1 fully saturated rings. The molecule has 0 aliphatic carbocycles.